The minimum Gasteiger partial charge on any atom is -0.485 e. The second-order valence-electron chi connectivity index (χ2n) is 7.11. The second-order valence-corrected chi connectivity index (χ2v) is 7.11. The summed E-state index contributed by atoms with van der Waals surface area (Å²) in [5, 5.41) is 4.10. The van der Waals surface area contributed by atoms with Crippen molar-refractivity contribution in [2.45, 2.75) is 18.6 Å². The van der Waals surface area contributed by atoms with E-state index < -0.39 is 0 Å². The van der Waals surface area contributed by atoms with E-state index in [-0.39, 0.29) is 18.1 Å². The zero-order chi connectivity index (χ0) is 19.8. The van der Waals surface area contributed by atoms with Gasteiger partial charge >= 0.3 is 5.97 Å². The molecule has 6 heteroatoms. The van der Waals surface area contributed by atoms with Crippen molar-refractivity contribution in [3.05, 3.63) is 60.7 Å². The van der Waals surface area contributed by atoms with Crippen LogP contribution in [-0.4, -0.2) is 36.8 Å². The minimum absolute atomic E-state index is 0.165. The topological polar surface area (TPSA) is 73.6 Å². The zero-order valence-electron chi connectivity index (χ0n) is 15.9. The van der Waals surface area contributed by atoms with Crippen molar-refractivity contribution in [2.75, 3.05) is 13.7 Å². The molecule has 1 fully saturated rings. The van der Waals surface area contributed by atoms with Crippen molar-refractivity contribution in [3.8, 4) is 17.0 Å². The van der Waals surface area contributed by atoms with Gasteiger partial charge in [-0.05, 0) is 12.1 Å². The maximum atomic E-state index is 11.8. The smallest absolute Gasteiger partial charge is 0.323 e. The number of nitrogens with one attached hydrogen (secondary N) is 1. The van der Waals surface area contributed by atoms with Crippen LogP contribution in [0.4, 0.5) is 0 Å². The fourth-order valence-corrected chi connectivity index (χ4v) is 3.79. The molecule has 29 heavy (non-hydrogen) atoms. The lowest BCUT2D eigenvalue weighted by molar-refractivity contribution is -0.142. The van der Waals surface area contributed by atoms with E-state index in [9.17, 15) is 4.79 Å². The molecule has 1 N–H and O–H groups in total. The van der Waals surface area contributed by atoms with E-state index in [0.717, 1.165) is 27.7 Å². The van der Waals surface area contributed by atoms with E-state index in [0.29, 0.717) is 24.3 Å². The highest BCUT2D eigenvalue weighted by atomic mass is 16.5. The number of carbonyl (C=O) groups is 1. The number of fused-ring (bicyclic) bond motifs is 3. The molecule has 4 aromatic rings. The van der Waals surface area contributed by atoms with Gasteiger partial charge in [-0.3, -0.25) is 4.79 Å². The molecule has 6 nitrogen and oxygen atoms in total. The van der Waals surface area contributed by atoms with Crippen molar-refractivity contribution < 1.29 is 18.7 Å². The lowest BCUT2D eigenvalue weighted by atomic mass is 10.1. The largest absolute Gasteiger partial charge is 0.485 e. The molecule has 1 aliphatic heterocycles. The summed E-state index contributed by atoms with van der Waals surface area (Å²) in [7, 11) is 1.39. The van der Waals surface area contributed by atoms with E-state index >= 15 is 0 Å². The molecule has 1 aliphatic rings. The number of hydrogen-bond acceptors (Lipinski definition) is 6. The zero-order valence-corrected chi connectivity index (χ0v) is 15.9. The molecule has 0 bridgehead atoms. The summed E-state index contributed by atoms with van der Waals surface area (Å²) >= 11 is 0. The number of carbonyl (C=O) groups excluding carboxylic acids is 1. The third-order valence-electron chi connectivity index (χ3n) is 5.23. The van der Waals surface area contributed by atoms with Gasteiger partial charge in [-0.25, -0.2) is 4.98 Å². The average molecular weight is 388 g/mol. The molecule has 0 radical (unpaired) electrons. The number of esters is 1. The predicted octanol–water partition coefficient (Wildman–Crippen LogP) is 3.93. The predicted molar refractivity (Wildman–Crippen MR) is 110 cm³/mol. The number of nitrogens with zero attached hydrogens (tertiary/aromatic N) is 1. The molecule has 3 heterocycles. The van der Waals surface area contributed by atoms with Crippen LogP contribution in [0.25, 0.3) is 33.3 Å². The lowest BCUT2D eigenvalue weighted by Crippen LogP contribution is -2.31. The fourth-order valence-electron chi connectivity index (χ4n) is 3.79. The van der Waals surface area contributed by atoms with Crippen LogP contribution < -0.4 is 10.1 Å². The van der Waals surface area contributed by atoms with Crippen LogP contribution in [-0.2, 0) is 9.53 Å². The third kappa shape index (κ3) is 3.21. The van der Waals surface area contributed by atoms with E-state index in [1.807, 2.05) is 60.7 Å². The van der Waals surface area contributed by atoms with Gasteiger partial charge in [0, 0.05) is 30.0 Å². The highest BCUT2D eigenvalue weighted by Crippen LogP contribution is 2.37. The summed E-state index contributed by atoms with van der Waals surface area (Å²) in [6.45, 7) is 0.560. The molecular formula is C23H20N2O4. The molecule has 2 aromatic heterocycles. The summed E-state index contributed by atoms with van der Waals surface area (Å²) in [6, 6.07) is 19.4. The Morgan fingerprint density at radius 1 is 1.14 bits per heavy atom. The Morgan fingerprint density at radius 3 is 2.76 bits per heavy atom. The van der Waals surface area contributed by atoms with Crippen LogP contribution in [0.5, 0.6) is 5.75 Å². The van der Waals surface area contributed by atoms with Crippen LogP contribution in [0.2, 0.25) is 0 Å². The van der Waals surface area contributed by atoms with Crippen molar-refractivity contribution in [2.24, 2.45) is 0 Å². The number of aromatic nitrogens is 1. The van der Waals surface area contributed by atoms with Crippen molar-refractivity contribution >= 4 is 28.0 Å². The maximum Gasteiger partial charge on any atom is 0.323 e. The summed E-state index contributed by atoms with van der Waals surface area (Å²) < 4.78 is 17.2. The van der Waals surface area contributed by atoms with Crippen LogP contribution in [0.15, 0.2) is 65.1 Å². The van der Waals surface area contributed by atoms with Crippen LogP contribution in [0.1, 0.15) is 6.42 Å². The van der Waals surface area contributed by atoms with Crippen LogP contribution >= 0.6 is 0 Å². The molecule has 2 unspecified atom stereocenters. The molecule has 0 spiro atoms. The molecular weight excluding hydrogens is 368 g/mol. The SMILES string of the molecule is COC(=O)C1CC(Oc2cc(-c3ccccc3)nc3c2oc2ccccc23)CN1. The normalized spacial score (nSPS) is 18.9. The molecule has 0 aliphatic carbocycles. The molecule has 0 amide bonds. The quantitative estimate of drug-likeness (QED) is 0.534. The Labute approximate surface area is 167 Å². The number of furan rings is 1. The Kier molecular flexibility index (Phi) is 4.41. The Hall–Kier alpha value is -3.38. The molecule has 0 saturated carbocycles. The number of rotatable bonds is 4. The van der Waals surface area contributed by atoms with Crippen molar-refractivity contribution in [1.29, 1.82) is 0 Å². The second kappa shape index (κ2) is 7.22. The Balaban J connectivity index is 1.59. The number of para-hydroxylation sites is 1. The van der Waals surface area contributed by atoms with Gasteiger partial charge in [-0.2, -0.15) is 0 Å². The van der Waals surface area contributed by atoms with E-state index in [1.165, 1.54) is 7.11 Å². The first-order valence-electron chi connectivity index (χ1n) is 9.58. The highest BCUT2D eigenvalue weighted by Gasteiger charge is 2.32. The van der Waals surface area contributed by atoms with Gasteiger partial charge in [0.15, 0.2) is 11.3 Å². The van der Waals surface area contributed by atoms with Gasteiger partial charge in [0.05, 0.1) is 12.8 Å². The Bertz CT molecular complexity index is 1190. The summed E-state index contributed by atoms with van der Waals surface area (Å²) in [6.07, 6.45) is 0.374. The third-order valence-corrected chi connectivity index (χ3v) is 5.23. The minimum atomic E-state index is -0.355. The van der Waals surface area contributed by atoms with Gasteiger partial charge in [-0.1, -0.05) is 42.5 Å². The number of ether oxygens (including phenoxy) is 2. The molecule has 5 rings (SSSR count). The van der Waals surface area contributed by atoms with Gasteiger partial charge < -0.3 is 19.2 Å². The number of methoxy groups -OCH3 is 1. The highest BCUT2D eigenvalue weighted by molar-refractivity contribution is 6.05. The van der Waals surface area contributed by atoms with Crippen molar-refractivity contribution in [3.63, 3.8) is 0 Å². The van der Waals surface area contributed by atoms with Gasteiger partial charge in [-0.15, -0.1) is 0 Å². The summed E-state index contributed by atoms with van der Waals surface area (Å²) in [5.41, 5.74) is 3.97. The summed E-state index contributed by atoms with van der Waals surface area (Å²) in [4.78, 5) is 16.7. The number of pyridine rings is 1. The monoisotopic (exact) mass is 388 g/mol. The Morgan fingerprint density at radius 2 is 1.93 bits per heavy atom. The fraction of sp³-hybridized carbons (Fsp3) is 0.217. The average Bonchev–Trinajstić information content (AvgIpc) is 3.39. The van der Waals surface area contributed by atoms with Gasteiger partial charge in [0.1, 0.15) is 23.2 Å². The lowest BCUT2D eigenvalue weighted by Gasteiger charge is -2.14. The molecule has 146 valence electrons. The van der Waals surface area contributed by atoms with Crippen molar-refractivity contribution in [1.82, 2.24) is 10.3 Å². The molecule has 2 aromatic carbocycles. The molecule has 1 saturated heterocycles. The van der Waals surface area contributed by atoms with E-state index in [1.54, 1.807) is 0 Å². The first-order chi connectivity index (χ1) is 14.2. The number of hydrogen-bond donors (Lipinski definition) is 1. The first-order valence-corrected chi connectivity index (χ1v) is 9.58. The van der Waals surface area contributed by atoms with Gasteiger partial charge in [0.25, 0.3) is 0 Å². The van der Waals surface area contributed by atoms with E-state index in [4.69, 9.17) is 18.9 Å². The van der Waals surface area contributed by atoms with Crippen LogP contribution in [0.3, 0.4) is 0 Å². The first kappa shape index (κ1) is 17.7. The summed E-state index contributed by atoms with van der Waals surface area (Å²) in [5.74, 6) is 0.354. The van der Waals surface area contributed by atoms with E-state index in [2.05, 4.69) is 5.32 Å². The number of benzene rings is 2. The maximum absolute atomic E-state index is 11.8. The van der Waals surface area contributed by atoms with Crippen LogP contribution in [0, 0.1) is 0 Å². The standard InChI is InChI=1S/C23H20N2O4/c1-27-23(26)18-11-15(13-24-18)28-20-12-17(14-7-3-2-4-8-14)25-21-16-9-5-6-10-19(16)29-22(20)21/h2-10,12,15,18,24H,11,13H2,1H3. The van der Waals surface area contributed by atoms with Gasteiger partial charge in [0.2, 0.25) is 0 Å². The molecule has 2 atom stereocenters.